The summed E-state index contributed by atoms with van der Waals surface area (Å²) >= 11 is 0. The summed E-state index contributed by atoms with van der Waals surface area (Å²) in [5.41, 5.74) is 2.42. The third-order valence-electron chi connectivity index (χ3n) is 4.33. The standard InChI is InChI=1S/C24H21N3O3/c1-17(23(28)27-21-11-5-9-19(13-21)15-25)30-22-12-6-10-20(14-22)24(29)26-16-18-7-3-2-4-8-18/h2-14,17H,16H2,1H3,(H,26,29)(H,27,28)/t17-/m1/s1. The van der Waals surface area contributed by atoms with E-state index >= 15 is 0 Å². The van der Waals surface area contributed by atoms with Gasteiger partial charge in [0.25, 0.3) is 11.8 Å². The van der Waals surface area contributed by atoms with Gasteiger partial charge in [0.1, 0.15) is 5.75 Å². The average Bonchev–Trinajstić information content (AvgIpc) is 2.78. The van der Waals surface area contributed by atoms with Crippen LogP contribution in [0, 0.1) is 11.3 Å². The Labute approximate surface area is 175 Å². The topological polar surface area (TPSA) is 91.2 Å². The number of nitrogens with one attached hydrogen (secondary N) is 2. The normalized spacial score (nSPS) is 11.1. The first-order valence-corrected chi connectivity index (χ1v) is 9.45. The number of benzene rings is 3. The largest absolute Gasteiger partial charge is 0.481 e. The zero-order valence-electron chi connectivity index (χ0n) is 16.5. The van der Waals surface area contributed by atoms with Gasteiger partial charge in [0, 0.05) is 17.8 Å². The zero-order valence-corrected chi connectivity index (χ0v) is 16.5. The minimum Gasteiger partial charge on any atom is -0.481 e. The molecule has 0 aliphatic rings. The van der Waals surface area contributed by atoms with Crippen molar-refractivity contribution < 1.29 is 14.3 Å². The van der Waals surface area contributed by atoms with Gasteiger partial charge in [-0.3, -0.25) is 9.59 Å². The molecular weight excluding hydrogens is 378 g/mol. The van der Waals surface area contributed by atoms with Crippen LogP contribution in [0.4, 0.5) is 5.69 Å². The Morgan fingerprint density at radius 1 is 1.00 bits per heavy atom. The maximum atomic E-state index is 12.4. The van der Waals surface area contributed by atoms with Crippen LogP contribution in [0.3, 0.4) is 0 Å². The van der Waals surface area contributed by atoms with Gasteiger partial charge in [-0.15, -0.1) is 0 Å². The van der Waals surface area contributed by atoms with Gasteiger partial charge in [-0.2, -0.15) is 5.26 Å². The molecule has 3 aromatic rings. The summed E-state index contributed by atoms with van der Waals surface area (Å²) in [5.74, 6) is -0.172. The van der Waals surface area contributed by atoms with Crippen molar-refractivity contribution in [3.63, 3.8) is 0 Å². The monoisotopic (exact) mass is 399 g/mol. The van der Waals surface area contributed by atoms with E-state index < -0.39 is 6.10 Å². The van der Waals surface area contributed by atoms with Crippen molar-refractivity contribution in [1.82, 2.24) is 5.32 Å². The molecule has 6 heteroatoms. The smallest absolute Gasteiger partial charge is 0.265 e. The molecule has 2 amide bonds. The average molecular weight is 399 g/mol. The summed E-state index contributed by atoms with van der Waals surface area (Å²) in [7, 11) is 0. The Morgan fingerprint density at radius 3 is 2.53 bits per heavy atom. The maximum Gasteiger partial charge on any atom is 0.265 e. The third-order valence-corrected chi connectivity index (χ3v) is 4.33. The van der Waals surface area contributed by atoms with Crippen LogP contribution in [-0.2, 0) is 11.3 Å². The highest BCUT2D eigenvalue weighted by Crippen LogP contribution is 2.17. The van der Waals surface area contributed by atoms with Crippen molar-refractivity contribution in [2.24, 2.45) is 0 Å². The molecule has 0 fully saturated rings. The highest BCUT2D eigenvalue weighted by Gasteiger charge is 2.16. The molecule has 1 atom stereocenters. The molecule has 0 spiro atoms. The molecule has 0 saturated carbocycles. The van der Waals surface area contributed by atoms with Gasteiger partial charge in [-0.05, 0) is 48.9 Å². The Morgan fingerprint density at radius 2 is 1.77 bits per heavy atom. The van der Waals surface area contributed by atoms with Crippen molar-refractivity contribution in [2.45, 2.75) is 19.6 Å². The Kier molecular flexibility index (Phi) is 6.80. The molecule has 30 heavy (non-hydrogen) atoms. The van der Waals surface area contributed by atoms with Crippen LogP contribution in [0.1, 0.15) is 28.4 Å². The zero-order chi connectivity index (χ0) is 21.3. The number of rotatable bonds is 7. The van der Waals surface area contributed by atoms with Gasteiger partial charge in [0.2, 0.25) is 0 Å². The SMILES string of the molecule is C[C@@H](Oc1cccc(C(=O)NCc2ccccc2)c1)C(=O)Nc1cccc(C#N)c1. The van der Waals surface area contributed by atoms with Crippen LogP contribution in [0.2, 0.25) is 0 Å². The Bertz CT molecular complexity index is 1070. The first kappa shape index (κ1) is 20.6. The summed E-state index contributed by atoms with van der Waals surface area (Å²) in [6.45, 7) is 2.04. The van der Waals surface area contributed by atoms with E-state index in [0.717, 1.165) is 5.56 Å². The minimum absolute atomic E-state index is 0.227. The van der Waals surface area contributed by atoms with Crippen LogP contribution < -0.4 is 15.4 Å². The van der Waals surface area contributed by atoms with E-state index in [2.05, 4.69) is 10.6 Å². The van der Waals surface area contributed by atoms with E-state index in [0.29, 0.717) is 29.1 Å². The molecule has 0 saturated heterocycles. The number of hydrogen-bond acceptors (Lipinski definition) is 4. The summed E-state index contributed by atoms with van der Waals surface area (Å²) < 4.78 is 5.70. The quantitative estimate of drug-likeness (QED) is 0.630. The van der Waals surface area contributed by atoms with E-state index in [9.17, 15) is 9.59 Å². The highest BCUT2D eigenvalue weighted by molar-refractivity contribution is 5.95. The summed E-state index contributed by atoms with van der Waals surface area (Å²) in [5, 5.41) is 14.5. The highest BCUT2D eigenvalue weighted by atomic mass is 16.5. The number of carbonyl (C=O) groups is 2. The number of ether oxygens (including phenoxy) is 1. The van der Waals surface area contributed by atoms with Gasteiger partial charge >= 0.3 is 0 Å². The second kappa shape index (κ2) is 9.89. The first-order valence-electron chi connectivity index (χ1n) is 9.45. The van der Waals surface area contributed by atoms with Crippen molar-refractivity contribution >= 4 is 17.5 Å². The van der Waals surface area contributed by atoms with Crippen LogP contribution in [-0.4, -0.2) is 17.9 Å². The van der Waals surface area contributed by atoms with Gasteiger partial charge in [0.05, 0.1) is 11.6 Å². The van der Waals surface area contributed by atoms with Crippen molar-refractivity contribution in [3.05, 3.63) is 95.6 Å². The molecule has 0 unspecified atom stereocenters. The van der Waals surface area contributed by atoms with E-state index in [-0.39, 0.29) is 11.8 Å². The number of nitrogens with zero attached hydrogens (tertiary/aromatic N) is 1. The van der Waals surface area contributed by atoms with Crippen LogP contribution in [0.15, 0.2) is 78.9 Å². The summed E-state index contributed by atoms with van der Waals surface area (Å²) in [6.07, 6.45) is -0.793. The maximum absolute atomic E-state index is 12.4. The van der Waals surface area contributed by atoms with Crippen LogP contribution in [0.5, 0.6) is 5.75 Å². The fourth-order valence-corrected chi connectivity index (χ4v) is 2.76. The Balaban J connectivity index is 1.59. The van der Waals surface area contributed by atoms with Crippen LogP contribution >= 0.6 is 0 Å². The van der Waals surface area contributed by atoms with Crippen LogP contribution in [0.25, 0.3) is 0 Å². The second-order valence-electron chi connectivity index (χ2n) is 6.64. The molecule has 0 radical (unpaired) electrons. The van der Waals surface area contributed by atoms with E-state index in [1.54, 1.807) is 55.5 Å². The Hall–Kier alpha value is -4.11. The lowest BCUT2D eigenvalue weighted by atomic mass is 10.2. The molecule has 0 bridgehead atoms. The molecule has 3 rings (SSSR count). The molecule has 0 heterocycles. The number of carbonyl (C=O) groups excluding carboxylic acids is 2. The van der Waals surface area contributed by atoms with E-state index in [4.69, 9.17) is 10.00 Å². The molecule has 150 valence electrons. The van der Waals surface area contributed by atoms with Crippen molar-refractivity contribution in [3.8, 4) is 11.8 Å². The lowest BCUT2D eigenvalue weighted by Crippen LogP contribution is -2.30. The van der Waals surface area contributed by atoms with E-state index in [1.165, 1.54) is 0 Å². The molecule has 2 N–H and O–H groups in total. The number of hydrogen-bond donors (Lipinski definition) is 2. The molecular formula is C24H21N3O3. The summed E-state index contributed by atoms with van der Waals surface area (Å²) in [4.78, 5) is 24.8. The van der Waals surface area contributed by atoms with Gasteiger partial charge in [0.15, 0.2) is 6.10 Å². The second-order valence-corrected chi connectivity index (χ2v) is 6.64. The fourth-order valence-electron chi connectivity index (χ4n) is 2.76. The predicted octanol–water partition coefficient (Wildman–Crippen LogP) is 3.89. The first-order chi connectivity index (χ1) is 14.5. The third kappa shape index (κ3) is 5.69. The molecule has 0 aliphatic heterocycles. The van der Waals surface area contributed by atoms with Crippen molar-refractivity contribution in [2.75, 3.05) is 5.32 Å². The minimum atomic E-state index is -0.793. The molecule has 0 aliphatic carbocycles. The van der Waals surface area contributed by atoms with Gasteiger partial charge in [-0.25, -0.2) is 0 Å². The lowest BCUT2D eigenvalue weighted by Gasteiger charge is -2.15. The predicted molar refractivity (Wildman–Crippen MR) is 114 cm³/mol. The molecule has 6 nitrogen and oxygen atoms in total. The lowest BCUT2D eigenvalue weighted by molar-refractivity contribution is -0.122. The fraction of sp³-hybridized carbons (Fsp3) is 0.125. The van der Waals surface area contributed by atoms with Gasteiger partial charge < -0.3 is 15.4 Å². The number of anilines is 1. The molecule has 0 aromatic heterocycles. The van der Waals surface area contributed by atoms with E-state index in [1.807, 2.05) is 36.4 Å². The molecule has 3 aromatic carbocycles. The number of amides is 2. The van der Waals surface area contributed by atoms with Crippen molar-refractivity contribution in [1.29, 1.82) is 5.26 Å². The summed E-state index contributed by atoms with van der Waals surface area (Å²) in [6, 6.07) is 25.0. The number of nitriles is 1. The van der Waals surface area contributed by atoms with Gasteiger partial charge in [-0.1, -0.05) is 42.5 Å².